The van der Waals surface area contributed by atoms with Crippen molar-refractivity contribution in [3.8, 4) is 0 Å². The van der Waals surface area contributed by atoms with Gasteiger partial charge < -0.3 is 4.90 Å². The molecule has 0 aromatic carbocycles. The van der Waals surface area contributed by atoms with E-state index in [9.17, 15) is 9.59 Å². The van der Waals surface area contributed by atoms with E-state index < -0.39 is 0 Å². The second kappa shape index (κ2) is 2.74. The van der Waals surface area contributed by atoms with E-state index in [0.717, 1.165) is 0 Å². The van der Waals surface area contributed by atoms with Gasteiger partial charge in [-0.1, -0.05) is 0 Å². The molecule has 1 saturated heterocycles. The number of hydrogen-bond acceptors (Lipinski definition) is 3. The molecular formula is C7H10N2O2. The highest BCUT2D eigenvalue weighted by Crippen LogP contribution is 2.08. The topological polar surface area (TPSA) is 49.4 Å². The molecule has 4 heteroatoms. The summed E-state index contributed by atoms with van der Waals surface area (Å²) in [5.74, 6) is -0.494. The van der Waals surface area contributed by atoms with Crippen LogP contribution in [-0.4, -0.2) is 30.8 Å². The van der Waals surface area contributed by atoms with Crippen LogP contribution in [0.1, 0.15) is 6.42 Å². The summed E-state index contributed by atoms with van der Waals surface area (Å²) in [6.45, 7) is 0. The molecular weight excluding hydrogens is 144 g/mol. The number of carbonyl (C=O) groups is 2. The zero-order valence-electron chi connectivity index (χ0n) is 6.55. The third-order valence-corrected chi connectivity index (χ3v) is 1.31. The Morgan fingerprint density at radius 1 is 1.45 bits per heavy atom. The number of nitrogens with zero attached hydrogens (tertiary/aromatic N) is 1. The summed E-state index contributed by atoms with van der Waals surface area (Å²) in [5.41, 5.74) is 0.528. The van der Waals surface area contributed by atoms with Crippen molar-refractivity contribution >= 4 is 11.8 Å². The molecule has 2 amide bonds. The van der Waals surface area contributed by atoms with E-state index in [0.29, 0.717) is 5.57 Å². The second-order valence-electron chi connectivity index (χ2n) is 2.67. The van der Waals surface area contributed by atoms with Crippen LogP contribution < -0.4 is 5.32 Å². The quantitative estimate of drug-likeness (QED) is 0.408. The molecule has 0 spiro atoms. The second-order valence-corrected chi connectivity index (χ2v) is 2.67. The van der Waals surface area contributed by atoms with E-state index in [2.05, 4.69) is 5.32 Å². The Kier molecular flexibility index (Phi) is 1.94. The van der Waals surface area contributed by atoms with E-state index in [1.807, 2.05) is 14.1 Å². The molecule has 1 fully saturated rings. The maximum Gasteiger partial charge on any atom is 0.255 e. The third-order valence-electron chi connectivity index (χ3n) is 1.31. The minimum absolute atomic E-state index is 0.205. The molecule has 0 bridgehead atoms. The lowest BCUT2D eigenvalue weighted by Gasteiger charge is -2.03. The molecule has 1 aliphatic heterocycles. The first-order valence-electron chi connectivity index (χ1n) is 3.31. The predicted molar refractivity (Wildman–Crippen MR) is 39.5 cm³/mol. The third kappa shape index (κ3) is 1.80. The summed E-state index contributed by atoms with van der Waals surface area (Å²) in [4.78, 5) is 23.3. The molecule has 60 valence electrons. The number of rotatable bonds is 1. The van der Waals surface area contributed by atoms with Crippen LogP contribution in [-0.2, 0) is 9.59 Å². The highest BCUT2D eigenvalue weighted by Gasteiger charge is 2.23. The van der Waals surface area contributed by atoms with Crippen molar-refractivity contribution < 1.29 is 9.59 Å². The van der Waals surface area contributed by atoms with Gasteiger partial charge in [-0.25, -0.2) is 0 Å². The first-order valence-corrected chi connectivity index (χ1v) is 3.31. The molecule has 11 heavy (non-hydrogen) atoms. The summed E-state index contributed by atoms with van der Waals surface area (Å²) in [5, 5.41) is 2.20. The summed E-state index contributed by atoms with van der Waals surface area (Å²) < 4.78 is 0. The summed E-state index contributed by atoms with van der Waals surface area (Å²) in [6.07, 6.45) is 1.86. The van der Waals surface area contributed by atoms with Gasteiger partial charge in [0.15, 0.2) is 0 Å². The van der Waals surface area contributed by atoms with Crippen molar-refractivity contribution in [2.75, 3.05) is 14.1 Å². The van der Waals surface area contributed by atoms with Gasteiger partial charge in [0, 0.05) is 25.9 Å². The van der Waals surface area contributed by atoms with E-state index in [-0.39, 0.29) is 18.2 Å². The van der Waals surface area contributed by atoms with Crippen LogP contribution in [0.15, 0.2) is 11.8 Å². The normalized spacial score (nSPS) is 20.7. The molecule has 4 nitrogen and oxygen atoms in total. The average Bonchev–Trinajstić information content (AvgIpc) is 2.09. The largest absolute Gasteiger partial charge is 0.383 e. The van der Waals surface area contributed by atoms with Gasteiger partial charge >= 0.3 is 0 Å². The van der Waals surface area contributed by atoms with Gasteiger partial charge in [-0.15, -0.1) is 0 Å². The fourth-order valence-electron chi connectivity index (χ4n) is 0.920. The number of carbonyl (C=O) groups excluding carboxylic acids is 2. The van der Waals surface area contributed by atoms with Crippen LogP contribution in [0.3, 0.4) is 0 Å². The van der Waals surface area contributed by atoms with Crippen LogP contribution >= 0.6 is 0 Å². The standard InChI is InChI=1S/C7H10N2O2/c1-9(2)4-5-3-6(10)8-7(5)11/h4H,3H2,1-2H3,(H,8,10,11)/b5-4-. The van der Waals surface area contributed by atoms with Gasteiger partial charge in [-0.3, -0.25) is 14.9 Å². The Morgan fingerprint density at radius 2 is 2.09 bits per heavy atom. The number of imide groups is 1. The highest BCUT2D eigenvalue weighted by atomic mass is 16.2. The number of nitrogens with one attached hydrogen (secondary N) is 1. The van der Waals surface area contributed by atoms with Gasteiger partial charge in [-0.05, 0) is 0 Å². The van der Waals surface area contributed by atoms with E-state index >= 15 is 0 Å². The number of amides is 2. The lowest BCUT2D eigenvalue weighted by Crippen LogP contribution is -2.19. The maximum atomic E-state index is 10.9. The lowest BCUT2D eigenvalue weighted by atomic mass is 10.2. The first kappa shape index (κ1) is 7.78. The fourth-order valence-corrected chi connectivity index (χ4v) is 0.920. The van der Waals surface area contributed by atoms with Crippen molar-refractivity contribution in [2.24, 2.45) is 0 Å². The van der Waals surface area contributed by atoms with Crippen LogP contribution in [0.4, 0.5) is 0 Å². The van der Waals surface area contributed by atoms with Gasteiger partial charge in [0.25, 0.3) is 5.91 Å². The Bertz CT molecular complexity index is 231. The minimum Gasteiger partial charge on any atom is -0.383 e. The van der Waals surface area contributed by atoms with Crippen LogP contribution in [0.25, 0.3) is 0 Å². The van der Waals surface area contributed by atoms with E-state index in [1.54, 1.807) is 11.1 Å². The molecule has 0 radical (unpaired) electrons. The smallest absolute Gasteiger partial charge is 0.255 e. The van der Waals surface area contributed by atoms with Gasteiger partial charge in [0.05, 0.1) is 6.42 Å². The molecule has 1 aliphatic rings. The summed E-state index contributed by atoms with van der Waals surface area (Å²) in [7, 11) is 3.62. The van der Waals surface area contributed by atoms with Gasteiger partial charge in [0.2, 0.25) is 5.91 Å². The van der Waals surface area contributed by atoms with Crippen molar-refractivity contribution in [3.63, 3.8) is 0 Å². The van der Waals surface area contributed by atoms with Gasteiger partial charge in [0.1, 0.15) is 0 Å². The van der Waals surface area contributed by atoms with Crippen molar-refractivity contribution in [1.82, 2.24) is 10.2 Å². The molecule has 0 aliphatic carbocycles. The molecule has 0 aromatic rings. The SMILES string of the molecule is CN(C)/C=C1/CC(=O)NC1=O. The Hall–Kier alpha value is -1.32. The molecule has 1 N–H and O–H groups in total. The first-order chi connectivity index (χ1) is 5.09. The zero-order valence-corrected chi connectivity index (χ0v) is 6.55. The Balaban J connectivity index is 2.75. The average molecular weight is 154 g/mol. The van der Waals surface area contributed by atoms with Crippen LogP contribution in [0, 0.1) is 0 Å². The molecule has 1 heterocycles. The number of hydrogen-bond donors (Lipinski definition) is 1. The predicted octanol–water partition coefficient (Wildman–Crippen LogP) is -0.522. The molecule has 0 saturated carbocycles. The Morgan fingerprint density at radius 3 is 2.45 bits per heavy atom. The van der Waals surface area contributed by atoms with Crippen molar-refractivity contribution in [2.45, 2.75) is 6.42 Å². The van der Waals surface area contributed by atoms with Crippen LogP contribution in [0.2, 0.25) is 0 Å². The molecule has 0 aromatic heterocycles. The monoisotopic (exact) mass is 154 g/mol. The molecule has 0 atom stereocenters. The molecule has 0 unspecified atom stereocenters. The lowest BCUT2D eigenvalue weighted by molar-refractivity contribution is -0.124. The Labute approximate surface area is 64.9 Å². The zero-order chi connectivity index (χ0) is 8.43. The van der Waals surface area contributed by atoms with E-state index in [4.69, 9.17) is 0 Å². The fraction of sp³-hybridized carbons (Fsp3) is 0.429. The summed E-state index contributed by atoms with van der Waals surface area (Å²) >= 11 is 0. The highest BCUT2D eigenvalue weighted by molar-refractivity contribution is 6.13. The van der Waals surface area contributed by atoms with E-state index in [1.165, 1.54) is 0 Å². The minimum atomic E-state index is -0.274. The van der Waals surface area contributed by atoms with Crippen molar-refractivity contribution in [1.29, 1.82) is 0 Å². The van der Waals surface area contributed by atoms with Crippen molar-refractivity contribution in [3.05, 3.63) is 11.8 Å². The molecule has 1 rings (SSSR count). The maximum absolute atomic E-state index is 10.9. The van der Waals surface area contributed by atoms with Crippen LogP contribution in [0.5, 0.6) is 0 Å². The summed E-state index contributed by atoms with van der Waals surface area (Å²) in [6, 6.07) is 0. The van der Waals surface area contributed by atoms with Gasteiger partial charge in [-0.2, -0.15) is 0 Å².